The number of hydrogen-bond donors (Lipinski definition) is 0. The van der Waals surface area contributed by atoms with Gasteiger partial charge in [0.05, 0.1) is 18.1 Å². The summed E-state index contributed by atoms with van der Waals surface area (Å²) in [4.78, 5) is 15.9. The number of nitrogens with zero attached hydrogens (tertiary/aromatic N) is 3. The molecule has 1 fully saturated rings. The Balaban J connectivity index is 1.47. The molecule has 2 aliphatic heterocycles. The number of morpholine rings is 1. The van der Waals surface area contributed by atoms with Gasteiger partial charge in [-0.05, 0) is 47.9 Å². The zero-order chi connectivity index (χ0) is 21.3. The summed E-state index contributed by atoms with van der Waals surface area (Å²) in [6.07, 6.45) is 0.672. The van der Waals surface area contributed by atoms with Gasteiger partial charge in [0.2, 0.25) is 15.9 Å². The molecule has 0 atom stereocenters. The Kier molecular flexibility index (Phi) is 5.81. The molecule has 2 heterocycles. The number of anilines is 2. The molecule has 4 rings (SSSR count). The highest BCUT2D eigenvalue weighted by Crippen LogP contribution is 2.31. The van der Waals surface area contributed by atoms with Gasteiger partial charge in [0, 0.05) is 51.5 Å². The molecule has 0 saturated carbocycles. The van der Waals surface area contributed by atoms with Gasteiger partial charge in [0.15, 0.2) is 0 Å². The third-order valence-electron chi connectivity index (χ3n) is 5.75. The Hall–Kier alpha value is -2.42. The van der Waals surface area contributed by atoms with Crippen LogP contribution in [0.4, 0.5) is 11.4 Å². The van der Waals surface area contributed by atoms with Crippen molar-refractivity contribution in [1.82, 2.24) is 4.31 Å². The van der Waals surface area contributed by atoms with E-state index in [-0.39, 0.29) is 10.8 Å². The molecule has 8 heteroatoms. The molecule has 0 aliphatic carbocycles. The summed E-state index contributed by atoms with van der Waals surface area (Å²) in [5.41, 5.74) is 3.76. The number of rotatable bonds is 5. The van der Waals surface area contributed by atoms with E-state index in [1.54, 1.807) is 30.1 Å². The number of benzene rings is 2. The fourth-order valence-electron chi connectivity index (χ4n) is 4.02. The predicted octanol–water partition coefficient (Wildman–Crippen LogP) is 2.25. The number of carbonyl (C=O) groups excluding carboxylic acids is 1. The maximum absolute atomic E-state index is 13.1. The van der Waals surface area contributed by atoms with E-state index in [0.717, 1.165) is 48.8 Å². The molecule has 30 heavy (non-hydrogen) atoms. The molecule has 160 valence electrons. The zero-order valence-electron chi connectivity index (χ0n) is 17.4. The number of hydrogen-bond acceptors (Lipinski definition) is 5. The van der Waals surface area contributed by atoms with E-state index < -0.39 is 10.0 Å². The lowest BCUT2D eigenvalue weighted by atomic mass is 10.2. The summed E-state index contributed by atoms with van der Waals surface area (Å²) in [6.45, 7) is 5.61. The fourth-order valence-corrected chi connectivity index (χ4v) is 5.23. The first-order valence-electron chi connectivity index (χ1n) is 10.2. The van der Waals surface area contributed by atoms with Gasteiger partial charge in [-0.1, -0.05) is 12.1 Å². The molecule has 2 aromatic rings. The Morgan fingerprint density at radius 1 is 1.07 bits per heavy atom. The minimum absolute atomic E-state index is 0.0259. The van der Waals surface area contributed by atoms with E-state index in [4.69, 9.17) is 4.74 Å². The number of amides is 1. The zero-order valence-corrected chi connectivity index (χ0v) is 18.2. The molecule has 1 saturated heterocycles. The van der Waals surface area contributed by atoms with Gasteiger partial charge in [-0.25, -0.2) is 8.42 Å². The van der Waals surface area contributed by atoms with Crippen LogP contribution in [0, 0.1) is 0 Å². The highest BCUT2D eigenvalue weighted by atomic mass is 32.2. The maximum Gasteiger partial charge on any atom is 0.243 e. The van der Waals surface area contributed by atoms with Crippen molar-refractivity contribution in [3.05, 3.63) is 53.6 Å². The van der Waals surface area contributed by atoms with E-state index in [9.17, 15) is 13.2 Å². The first-order valence-corrected chi connectivity index (χ1v) is 11.6. The van der Waals surface area contributed by atoms with Gasteiger partial charge >= 0.3 is 0 Å². The van der Waals surface area contributed by atoms with E-state index in [1.807, 2.05) is 24.3 Å². The number of carbonyl (C=O) groups is 1. The van der Waals surface area contributed by atoms with Crippen LogP contribution in [0.25, 0.3) is 0 Å². The van der Waals surface area contributed by atoms with Gasteiger partial charge < -0.3 is 14.5 Å². The van der Waals surface area contributed by atoms with Crippen molar-refractivity contribution in [2.45, 2.75) is 24.8 Å². The first kappa shape index (κ1) is 20.8. The molecule has 2 aromatic carbocycles. The van der Waals surface area contributed by atoms with Crippen molar-refractivity contribution in [2.75, 3.05) is 49.7 Å². The average Bonchev–Trinajstić information content (AvgIpc) is 3.18. The van der Waals surface area contributed by atoms with Gasteiger partial charge in [0.1, 0.15) is 0 Å². The predicted molar refractivity (Wildman–Crippen MR) is 116 cm³/mol. The summed E-state index contributed by atoms with van der Waals surface area (Å²) in [7, 11) is -2.03. The van der Waals surface area contributed by atoms with E-state index in [1.165, 1.54) is 11.2 Å². The van der Waals surface area contributed by atoms with Crippen LogP contribution in [0.15, 0.2) is 47.4 Å². The second kappa shape index (κ2) is 8.37. The number of sulfonamides is 1. The van der Waals surface area contributed by atoms with Crippen LogP contribution in [-0.4, -0.2) is 58.5 Å². The van der Waals surface area contributed by atoms with Crippen molar-refractivity contribution in [3.8, 4) is 0 Å². The number of ether oxygens (including phenoxy) is 1. The largest absolute Gasteiger partial charge is 0.378 e. The second-order valence-electron chi connectivity index (χ2n) is 7.74. The van der Waals surface area contributed by atoms with E-state index in [0.29, 0.717) is 19.5 Å². The minimum atomic E-state index is -3.62. The summed E-state index contributed by atoms with van der Waals surface area (Å²) in [6, 6.07) is 13.1. The van der Waals surface area contributed by atoms with Gasteiger partial charge in [-0.2, -0.15) is 4.31 Å². The monoisotopic (exact) mass is 429 g/mol. The highest BCUT2D eigenvalue weighted by Gasteiger charge is 2.27. The van der Waals surface area contributed by atoms with E-state index in [2.05, 4.69) is 4.90 Å². The molecule has 0 radical (unpaired) electrons. The Morgan fingerprint density at radius 2 is 1.77 bits per heavy atom. The molecule has 7 nitrogen and oxygen atoms in total. The third-order valence-corrected chi connectivity index (χ3v) is 7.55. The van der Waals surface area contributed by atoms with Crippen molar-refractivity contribution < 1.29 is 17.9 Å². The topological polar surface area (TPSA) is 70.2 Å². The minimum Gasteiger partial charge on any atom is -0.378 e. The Bertz CT molecular complexity index is 1030. The van der Waals surface area contributed by atoms with Crippen molar-refractivity contribution in [3.63, 3.8) is 0 Å². The van der Waals surface area contributed by atoms with Crippen LogP contribution in [0.2, 0.25) is 0 Å². The van der Waals surface area contributed by atoms with Crippen LogP contribution in [0.5, 0.6) is 0 Å². The quantitative estimate of drug-likeness (QED) is 0.729. The first-order chi connectivity index (χ1) is 14.4. The Labute approximate surface area is 177 Å². The van der Waals surface area contributed by atoms with E-state index >= 15 is 0 Å². The molecule has 2 aliphatic rings. The van der Waals surface area contributed by atoms with Crippen LogP contribution < -0.4 is 9.80 Å². The lowest BCUT2D eigenvalue weighted by Gasteiger charge is -2.29. The van der Waals surface area contributed by atoms with Gasteiger partial charge in [-0.15, -0.1) is 0 Å². The second-order valence-corrected chi connectivity index (χ2v) is 9.78. The third kappa shape index (κ3) is 4.08. The van der Waals surface area contributed by atoms with Gasteiger partial charge in [-0.3, -0.25) is 4.79 Å². The molecule has 0 spiro atoms. The summed E-state index contributed by atoms with van der Waals surface area (Å²) in [5, 5.41) is 0. The molecule has 1 amide bonds. The molecule has 0 N–H and O–H groups in total. The number of fused-ring (bicyclic) bond motifs is 1. The van der Waals surface area contributed by atoms with Crippen molar-refractivity contribution in [2.24, 2.45) is 0 Å². The van der Waals surface area contributed by atoms with Crippen LogP contribution >= 0.6 is 0 Å². The fraction of sp³-hybridized carbons (Fsp3) is 0.409. The standard InChI is InChI=1S/C22H27N3O4S/c1-17(26)25-10-9-19-15-21(7-8-22(19)25)30(27,28)23(2)16-18-3-5-20(6-4-18)24-11-13-29-14-12-24/h3-8,15H,9-14,16H2,1-2H3. The normalized spacial score (nSPS) is 16.8. The summed E-state index contributed by atoms with van der Waals surface area (Å²) < 4.78 is 32.9. The van der Waals surface area contributed by atoms with Crippen LogP contribution in [0.1, 0.15) is 18.1 Å². The maximum atomic E-state index is 13.1. The SMILES string of the molecule is CC(=O)N1CCc2cc(S(=O)(=O)N(C)Cc3ccc(N4CCOCC4)cc3)ccc21. The average molecular weight is 430 g/mol. The van der Waals surface area contributed by atoms with Crippen molar-refractivity contribution >= 4 is 27.3 Å². The molecule has 0 unspecified atom stereocenters. The molecular formula is C22H27N3O4S. The molecule has 0 bridgehead atoms. The van der Waals surface area contributed by atoms with Gasteiger partial charge in [0.25, 0.3) is 0 Å². The van der Waals surface area contributed by atoms with Crippen LogP contribution in [-0.2, 0) is 32.5 Å². The lowest BCUT2D eigenvalue weighted by Crippen LogP contribution is -2.36. The van der Waals surface area contributed by atoms with Crippen molar-refractivity contribution in [1.29, 1.82) is 0 Å². The molecular weight excluding hydrogens is 402 g/mol. The molecule has 0 aromatic heterocycles. The Morgan fingerprint density at radius 3 is 2.43 bits per heavy atom. The highest BCUT2D eigenvalue weighted by molar-refractivity contribution is 7.89. The van der Waals surface area contributed by atoms with Crippen LogP contribution in [0.3, 0.4) is 0 Å². The smallest absolute Gasteiger partial charge is 0.243 e. The summed E-state index contributed by atoms with van der Waals surface area (Å²) in [5.74, 6) is -0.0259. The lowest BCUT2D eigenvalue weighted by molar-refractivity contribution is -0.116. The summed E-state index contributed by atoms with van der Waals surface area (Å²) >= 11 is 0.